The third kappa shape index (κ3) is 1.16. The minimum Gasteiger partial charge on any atom is -0.308 e. The summed E-state index contributed by atoms with van der Waals surface area (Å²) >= 11 is 0. The van der Waals surface area contributed by atoms with Crippen LogP contribution in [0.5, 0.6) is 0 Å². The first-order valence-corrected chi connectivity index (χ1v) is 3.16. The van der Waals surface area contributed by atoms with Gasteiger partial charge in [0, 0.05) is 18.6 Å². The van der Waals surface area contributed by atoms with E-state index in [2.05, 4.69) is 11.6 Å². The fourth-order valence-corrected chi connectivity index (χ4v) is 0.757. The number of allylic oxidation sites excluding steroid dienone is 1. The molecule has 0 aliphatic carbocycles. The molecule has 1 rings (SSSR count). The zero-order valence-electron chi connectivity index (χ0n) is 5.99. The van der Waals surface area contributed by atoms with E-state index in [0.29, 0.717) is 0 Å². The Morgan fingerprint density at radius 2 is 2.50 bits per heavy atom. The lowest BCUT2D eigenvalue weighted by atomic mass is 10.5. The zero-order chi connectivity index (χ0) is 7.40. The molecule has 0 aromatic carbocycles. The van der Waals surface area contributed by atoms with Crippen LogP contribution in [0.15, 0.2) is 25.0 Å². The highest BCUT2D eigenvalue weighted by Crippen LogP contribution is 1.99. The lowest BCUT2D eigenvalue weighted by molar-refractivity contribution is 1.11. The van der Waals surface area contributed by atoms with E-state index in [1.807, 2.05) is 29.8 Å². The van der Waals surface area contributed by atoms with Crippen molar-refractivity contribution in [2.75, 3.05) is 0 Å². The molecule has 52 valence electrons. The van der Waals surface area contributed by atoms with Gasteiger partial charge in [-0.1, -0.05) is 12.7 Å². The van der Waals surface area contributed by atoms with Crippen molar-refractivity contribution < 1.29 is 0 Å². The van der Waals surface area contributed by atoms with Crippen LogP contribution >= 0.6 is 0 Å². The van der Waals surface area contributed by atoms with Gasteiger partial charge < -0.3 is 4.57 Å². The van der Waals surface area contributed by atoms with E-state index in [9.17, 15) is 0 Å². The maximum absolute atomic E-state index is 4.08. The molecule has 1 aromatic heterocycles. The predicted octanol–water partition coefficient (Wildman–Crippen LogP) is 2.02. The normalized spacial score (nSPS) is 10.5. The molecule has 2 heteroatoms. The average Bonchev–Trinajstić information content (AvgIpc) is 2.36. The van der Waals surface area contributed by atoms with Crippen molar-refractivity contribution in [3.8, 4) is 0 Å². The number of imidazole rings is 1. The number of hydrogen-bond acceptors (Lipinski definition) is 1. The predicted molar refractivity (Wildman–Crippen MR) is 43.3 cm³/mol. The van der Waals surface area contributed by atoms with Crippen LogP contribution in [0.4, 0.5) is 0 Å². The standard InChI is InChI=1S/C8H10N2/c1-3-5-8-9-6-7-10(8)4-2/h3-7H,2H2,1H3. The van der Waals surface area contributed by atoms with Gasteiger partial charge >= 0.3 is 0 Å². The van der Waals surface area contributed by atoms with Crippen LogP contribution in [0.2, 0.25) is 0 Å². The summed E-state index contributed by atoms with van der Waals surface area (Å²) in [5.41, 5.74) is 0. The lowest BCUT2D eigenvalue weighted by Gasteiger charge is -1.92. The maximum Gasteiger partial charge on any atom is 0.136 e. The maximum atomic E-state index is 4.08. The summed E-state index contributed by atoms with van der Waals surface area (Å²) in [7, 11) is 0. The van der Waals surface area contributed by atoms with Gasteiger partial charge in [0.05, 0.1) is 0 Å². The van der Waals surface area contributed by atoms with E-state index >= 15 is 0 Å². The van der Waals surface area contributed by atoms with Crippen LogP contribution in [0.25, 0.3) is 12.3 Å². The Labute approximate surface area is 60.5 Å². The summed E-state index contributed by atoms with van der Waals surface area (Å²) in [5, 5.41) is 0. The molecule has 0 unspecified atom stereocenters. The highest BCUT2D eigenvalue weighted by Gasteiger charge is 1.90. The third-order valence-corrected chi connectivity index (χ3v) is 1.21. The Bertz CT molecular complexity index is 246. The van der Waals surface area contributed by atoms with Crippen LogP contribution < -0.4 is 0 Å². The Hall–Kier alpha value is -1.31. The first kappa shape index (κ1) is 6.81. The Morgan fingerprint density at radius 3 is 3.10 bits per heavy atom. The van der Waals surface area contributed by atoms with Gasteiger partial charge in [0.25, 0.3) is 0 Å². The molecule has 2 nitrogen and oxygen atoms in total. The molecule has 0 spiro atoms. The van der Waals surface area contributed by atoms with E-state index in [-0.39, 0.29) is 0 Å². The molecule has 1 heterocycles. The zero-order valence-corrected chi connectivity index (χ0v) is 5.99. The van der Waals surface area contributed by atoms with Gasteiger partial charge in [-0.25, -0.2) is 4.98 Å². The van der Waals surface area contributed by atoms with Crippen molar-refractivity contribution in [1.82, 2.24) is 9.55 Å². The van der Waals surface area contributed by atoms with E-state index in [1.54, 1.807) is 12.4 Å². The fraction of sp³-hybridized carbons (Fsp3) is 0.125. The van der Waals surface area contributed by atoms with Crippen LogP contribution in [-0.4, -0.2) is 9.55 Å². The second-order valence-corrected chi connectivity index (χ2v) is 1.88. The van der Waals surface area contributed by atoms with E-state index in [1.165, 1.54) is 0 Å². The Morgan fingerprint density at radius 1 is 1.70 bits per heavy atom. The number of rotatable bonds is 2. The van der Waals surface area contributed by atoms with Gasteiger partial charge in [-0.3, -0.25) is 0 Å². The van der Waals surface area contributed by atoms with Crippen molar-refractivity contribution in [3.05, 3.63) is 30.9 Å². The van der Waals surface area contributed by atoms with Crippen LogP contribution in [0.3, 0.4) is 0 Å². The van der Waals surface area contributed by atoms with Gasteiger partial charge in [0.1, 0.15) is 5.82 Å². The Balaban J connectivity index is 3.00. The number of hydrogen-bond donors (Lipinski definition) is 0. The van der Waals surface area contributed by atoms with Crippen LogP contribution in [-0.2, 0) is 0 Å². The second kappa shape index (κ2) is 3.01. The minimum absolute atomic E-state index is 0.914. The molecular formula is C8H10N2. The van der Waals surface area contributed by atoms with E-state index in [4.69, 9.17) is 0 Å². The molecule has 0 radical (unpaired) electrons. The van der Waals surface area contributed by atoms with Gasteiger partial charge in [-0.05, 0) is 13.0 Å². The van der Waals surface area contributed by atoms with Crippen molar-refractivity contribution in [2.45, 2.75) is 6.92 Å². The molecule has 0 N–H and O–H groups in total. The first-order chi connectivity index (χ1) is 4.88. The van der Waals surface area contributed by atoms with Gasteiger partial charge in [-0.2, -0.15) is 0 Å². The number of aromatic nitrogens is 2. The molecule has 0 fully saturated rings. The highest BCUT2D eigenvalue weighted by atomic mass is 15.0. The summed E-state index contributed by atoms with van der Waals surface area (Å²) in [6.07, 6.45) is 9.21. The molecule has 0 atom stereocenters. The molecule has 0 saturated heterocycles. The van der Waals surface area contributed by atoms with E-state index in [0.717, 1.165) is 5.82 Å². The fourth-order valence-electron chi connectivity index (χ4n) is 0.757. The summed E-state index contributed by atoms with van der Waals surface area (Å²) in [6, 6.07) is 0. The Kier molecular flexibility index (Phi) is 2.05. The molecule has 1 aromatic rings. The molecule has 0 aliphatic heterocycles. The van der Waals surface area contributed by atoms with Crippen molar-refractivity contribution >= 4 is 12.3 Å². The van der Waals surface area contributed by atoms with Gasteiger partial charge in [-0.15, -0.1) is 0 Å². The molecule has 0 amide bonds. The minimum atomic E-state index is 0.914. The highest BCUT2D eigenvalue weighted by molar-refractivity contribution is 5.43. The monoisotopic (exact) mass is 134 g/mol. The average molecular weight is 134 g/mol. The third-order valence-electron chi connectivity index (χ3n) is 1.21. The molecule has 0 bridgehead atoms. The van der Waals surface area contributed by atoms with E-state index < -0.39 is 0 Å². The molecular weight excluding hydrogens is 124 g/mol. The molecule has 10 heavy (non-hydrogen) atoms. The van der Waals surface area contributed by atoms with Crippen LogP contribution in [0, 0.1) is 0 Å². The van der Waals surface area contributed by atoms with Crippen molar-refractivity contribution in [3.63, 3.8) is 0 Å². The SMILES string of the molecule is C=Cn1ccnc1C=CC. The van der Waals surface area contributed by atoms with Gasteiger partial charge in [0.15, 0.2) is 0 Å². The van der Waals surface area contributed by atoms with Crippen molar-refractivity contribution in [2.24, 2.45) is 0 Å². The quantitative estimate of drug-likeness (QED) is 0.605. The lowest BCUT2D eigenvalue weighted by Crippen LogP contribution is -1.86. The summed E-state index contributed by atoms with van der Waals surface area (Å²) in [6.45, 7) is 5.60. The number of nitrogens with zero attached hydrogens (tertiary/aromatic N) is 2. The first-order valence-electron chi connectivity index (χ1n) is 3.16. The van der Waals surface area contributed by atoms with Crippen molar-refractivity contribution in [1.29, 1.82) is 0 Å². The molecule has 0 saturated carbocycles. The summed E-state index contributed by atoms with van der Waals surface area (Å²) in [5.74, 6) is 0.914. The van der Waals surface area contributed by atoms with Crippen LogP contribution in [0.1, 0.15) is 12.7 Å². The molecule has 0 aliphatic rings. The smallest absolute Gasteiger partial charge is 0.136 e. The largest absolute Gasteiger partial charge is 0.308 e. The van der Waals surface area contributed by atoms with Gasteiger partial charge in [0.2, 0.25) is 0 Å². The second-order valence-electron chi connectivity index (χ2n) is 1.88. The summed E-state index contributed by atoms with van der Waals surface area (Å²) < 4.78 is 1.86. The summed E-state index contributed by atoms with van der Waals surface area (Å²) in [4.78, 5) is 4.08. The topological polar surface area (TPSA) is 17.8 Å².